The molecule has 21 heavy (non-hydrogen) atoms. The van der Waals surface area contributed by atoms with E-state index in [0.717, 1.165) is 22.5 Å². The van der Waals surface area contributed by atoms with Gasteiger partial charge in [0.2, 0.25) is 0 Å². The van der Waals surface area contributed by atoms with E-state index in [0.29, 0.717) is 13.1 Å². The van der Waals surface area contributed by atoms with Crippen LogP contribution in [0.2, 0.25) is 0 Å². The Labute approximate surface area is 122 Å². The molecule has 0 atom stereocenters. The smallest absolute Gasteiger partial charge is 0.123 e. The predicted octanol–water partition coefficient (Wildman–Crippen LogP) is 2.90. The number of rotatable bonds is 5. The monoisotopic (exact) mass is 282 g/mol. The van der Waals surface area contributed by atoms with E-state index in [1.165, 1.54) is 12.1 Å². The Morgan fingerprint density at radius 3 is 2.43 bits per heavy atom. The van der Waals surface area contributed by atoms with E-state index in [2.05, 4.69) is 20.7 Å². The second kappa shape index (κ2) is 6.28. The average molecular weight is 282 g/mol. The molecular formula is C16H15FN4. The molecule has 0 unspecified atom stereocenters. The lowest BCUT2D eigenvalue weighted by Gasteiger charge is -2.04. The summed E-state index contributed by atoms with van der Waals surface area (Å²) < 4.78 is 12.8. The van der Waals surface area contributed by atoms with Gasteiger partial charge in [-0.25, -0.2) is 4.39 Å². The Hall–Kier alpha value is -2.53. The van der Waals surface area contributed by atoms with Crippen molar-refractivity contribution in [1.29, 1.82) is 0 Å². The van der Waals surface area contributed by atoms with Crippen LogP contribution in [0.3, 0.4) is 0 Å². The standard InChI is InChI=1S/C16H15FN4/c17-14-8-6-12(7-9-14)10-18-11-15-16(20-21-19-15)13-4-2-1-3-5-13/h1-9,18H,10-11H2,(H,19,20,21). The Morgan fingerprint density at radius 1 is 0.905 bits per heavy atom. The van der Waals surface area contributed by atoms with Gasteiger partial charge in [-0.3, -0.25) is 0 Å². The van der Waals surface area contributed by atoms with Gasteiger partial charge in [-0.05, 0) is 17.7 Å². The minimum absolute atomic E-state index is 0.221. The highest BCUT2D eigenvalue weighted by Gasteiger charge is 2.09. The molecule has 0 saturated carbocycles. The van der Waals surface area contributed by atoms with Gasteiger partial charge in [-0.1, -0.05) is 42.5 Å². The molecule has 0 spiro atoms. The Kier molecular flexibility index (Phi) is 4.02. The number of halogens is 1. The van der Waals surface area contributed by atoms with Gasteiger partial charge in [0.1, 0.15) is 17.2 Å². The second-order valence-electron chi connectivity index (χ2n) is 4.71. The van der Waals surface area contributed by atoms with Crippen molar-refractivity contribution in [3.8, 4) is 11.3 Å². The summed E-state index contributed by atoms with van der Waals surface area (Å²) >= 11 is 0. The van der Waals surface area contributed by atoms with E-state index in [1.807, 2.05) is 30.3 Å². The van der Waals surface area contributed by atoms with Crippen LogP contribution in [0.25, 0.3) is 11.3 Å². The topological polar surface area (TPSA) is 53.6 Å². The number of nitrogens with one attached hydrogen (secondary N) is 2. The molecular weight excluding hydrogens is 267 g/mol. The molecule has 0 saturated heterocycles. The molecule has 0 amide bonds. The number of H-pyrrole nitrogens is 1. The summed E-state index contributed by atoms with van der Waals surface area (Å²) in [7, 11) is 0. The van der Waals surface area contributed by atoms with Crippen molar-refractivity contribution in [3.05, 3.63) is 71.7 Å². The number of hydrogen-bond donors (Lipinski definition) is 2. The summed E-state index contributed by atoms with van der Waals surface area (Å²) in [6, 6.07) is 16.4. The van der Waals surface area contributed by atoms with Gasteiger partial charge >= 0.3 is 0 Å². The van der Waals surface area contributed by atoms with Gasteiger partial charge in [0.05, 0.1) is 0 Å². The van der Waals surface area contributed by atoms with Crippen molar-refractivity contribution < 1.29 is 4.39 Å². The zero-order valence-corrected chi connectivity index (χ0v) is 11.4. The van der Waals surface area contributed by atoms with Crippen LogP contribution >= 0.6 is 0 Å². The summed E-state index contributed by atoms with van der Waals surface area (Å²) in [5.74, 6) is -0.221. The van der Waals surface area contributed by atoms with Crippen LogP contribution < -0.4 is 5.32 Å². The summed E-state index contributed by atoms with van der Waals surface area (Å²) in [5.41, 5.74) is 3.77. The van der Waals surface area contributed by atoms with Crippen molar-refractivity contribution in [2.45, 2.75) is 13.1 Å². The number of aromatic nitrogens is 3. The molecule has 0 aliphatic carbocycles. The Bertz CT molecular complexity index is 692. The fourth-order valence-electron chi connectivity index (χ4n) is 2.13. The quantitative estimate of drug-likeness (QED) is 0.756. The maximum absolute atomic E-state index is 12.8. The average Bonchev–Trinajstić information content (AvgIpc) is 2.99. The summed E-state index contributed by atoms with van der Waals surface area (Å²) in [6.45, 7) is 1.25. The third-order valence-electron chi connectivity index (χ3n) is 3.20. The lowest BCUT2D eigenvalue weighted by Crippen LogP contribution is -2.13. The van der Waals surface area contributed by atoms with E-state index in [-0.39, 0.29) is 5.82 Å². The maximum Gasteiger partial charge on any atom is 0.123 e. The van der Waals surface area contributed by atoms with Crippen LogP contribution in [-0.4, -0.2) is 15.4 Å². The van der Waals surface area contributed by atoms with Crippen molar-refractivity contribution in [2.24, 2.45) is 0 Å². The normalized spacial score (nSPS) is 10.7. The van der Waals surface area contributed by atoms with E-state index in [1.54, 1.807) is 12.1 Å². The van der Waals surface area contributed by atoms with Crippen LogP contribution in [0.15, 0.2) is 54.6 Å². The molecule has 4 nitrogen and oxygen atoms in total. The van der Waals surface area contributed by atoms with Crippen LogP contribution in [0.1, 0.15) is 11.3 Å². The Balaban J connectivity index is 1.64. The zero-order valence-electron chi connectivity index (χ0n) is 11.4. The van der Waals surface area contributed by atoms with Crippen molar-refractivity contribution >= 4 is 0 Å². The van der Waals surface area contributed by atoms with Gasteiger partial charge in [0.25, 0.3) is 0 Å². The SMILES string of the molecule is Fc1ccc(CNCc2n[nH]nc2-c2ccccc2)cc1. The minimum atomic E-state index is -0.221. The molecule has 3 rings (SSSR count). The molecule has 5 heteroatoms. The van der Waals surface area contributed by atoms with Crippen LogP contribution in [0, 0.1) is 5.82 Å². The molecule has 0 bridgehead atoms. The van der Waals surface area contributed by atoms with Gasteiger partial charge in [-0.2, -0.15) is 15.4 Å². The van der Waals surface area contributed by atoms with Crippen LogP contribution in [0.4, 0.5) is 4.39 Å². The van der Waals surface area contributed by atoms with Gasteiger partial charge in [0.15, 0.2) is 0 Å². The van der Waals surface area contributed by atoms with Crippen molar-refractivity contribution in [1.82, 2.24) is 20.7 Å². The first kappa shape index (κ1) is 13.5. The van der Waals surface area contributed by atoms with Crippen LogP contribution in [-0.2, 0) is 13.1 Å². The molecule has 1 heterocycles. The molecule has 2 N–H and O–H groups in total. The minimum Gasteiger partial charge on any atom is -0.307 e. The third kappa shape index (κ3) is 3.32. The fraction of sp³-hybridized carbons (Fsp3) is 0.125. The number of aromatic amines is 1. The van der Waals surface area contributed by atoms with E-state index >= 15 is 0 Å². The molecule has 106 valence electrons. The first-order valence-corrected chi connectivity index (χ1v) is 6.73. The largest absolute Gasteiger partial charge is 0.307 e. The third-order valence-corrected chi connectivity index (χ3v) is 3.20. The second-order valence-corrected chi connectivity index (χ2v) is 4.71. The fourth-order valence-corrected chi connectivity index (χ4v) is 2.13. The molecule has 1 aromatic heterocycles. The van der Waals surface area contributed by atoms with Gasteiger partial charge < -0.3 is 5.32 Å². The Morgan fingerprint density at radius 2 is 1.67 bits per heavy atom. The molecule has 3 aromatic rings. The lowest BCUT2D eigenvalue weighted by molar-refractivity contribution is 0.624. The van der Waals surface area contributed by atoms with Crippen LogP contribution in [0.5, 0.6) is 0 Å². The van der Waals surface area contributed by atoms with Gasteiger partial charge in [0, 0.05) is 18.7 Å². The molecule has 0 radical (unpaired) electrons. The number of nitrogens with zero attached hydrogens (tertiary/aromatic N) is 2. The summed E-state index contributed by atoms with van der Waals surface area (Å²) in [4.78, 5) is 0. The maximum atomic E-state index is 12.8. The molecule has 0 aliphatic heterocycles. The van der Waals surface area contributed by atoms with E-state index in [9.17, 15) is 4.39 Å². The first-order valence-electron chi connectivity index (χ1n) is 6.73. The zero-order chi connectivity index (χ0) is 14.5. The highest BCUT2D eigenvalue weighted by Crippen LogP contribution is 2.18. The molecule has 0 fully saturated rings. The van der Waals surface area contributed by atoms with Gasteiger partial charge in [-0.15, -0.1) is 0 Å². The number of benzene rings is 2. The first-order chi connectivity index (χ1) is 10.3. The highest BCUT2D eigenvalue weighted by molar-refractivity contribution is 5.60. The lowest BCUT2D eigenvalue weighted by atomic mass is 10.1. The summed E-state index contributed by atoms with van der Waals surface area (Å²) in [6.07, 6.45) is 0. The van der Waals surface area contributed by atoms with E-state index in [4.69, 9.17) is 0 Å². The molecule has 0 aliphatic rings. The van der Waals surface area contributed by atoms with Crippen molar-refractivity contribution in [3.63, 3.8) is 0 Å². The van der Waals surface area contributed by atoms with Crippen molar-refractivity contribution in [2.75, 3.05) is 0 Å². The van der Waals surface area contributed by atoms with E-state index < -0.39 is 0 Å². The predicted molar refractivity (Wildman–Crippen MR) is 78.8 cm³/mol. The molecule has 2 aromatic carbocycles. The summed E-state index contributed by atoms with van der Waals surface area (Å²) in [5, 5.41) is 14.3. The highest BCUT2D eigenvalue weighted by atomic mass is 19.1. The number of hydrogen-bond acceptors (Lipinski definition) is 3.